The second-order valence-corrected chi connectivity index (χ2v) is 13.3. The molecule has 1 saturated heterocycles. The van der Waals surface area contributed by atoms with Gasteiger partial charge in [-0.25, -0.2) is 8.42 Å². The number of likely N-dealkylation sites (tertiary alicyclic amines) is 1. The SMILES string of the molecule is COc1cccc(S(=O)(=O)N2c3ccc(C(=O)NCc4ncccc4Cl)cc3C3(CCN(C)CC3)C2C2CC2)c1. The van der Waals surface area contributed by atoms with E-state index in [1.807, 2.05) is 12.1 Å². The molecule has 2 aromatic carbocycles. The smallest absolute Gasteiger partial charge is 0.264 e. The number of fused-ring (bicyclic) bond motifs is 2. The third-order valence-corrected chi connectivity index (χ3v) is 10.8. The molecule has 3 aliphatic rings. The van der Waals surface area contributed by atoms with Gasteiger partial charge in [0.1, 0.15) is 5.75 Å². The fourth-order valence-electron chi connectivity index (χ4n) is 6.41. The van der Waals surface area contributed by atoms with E-state index in [4.69, 9.17) is 16.3 Å². The first-order valence-electron chi connectivity index (χ1n) is 13.6. The molecule has 10 heteroatoms. The number of nitrogens with zero attached hydrogens (tertiary/aromatic N) is 3. The second kappa shape index (κ2) is 10.4. The molecule has 1 unspecified atom stereocenters. The molecule has 1 saturated carbocycles. The average molecular weight is 581 g/mol. The van der Waals surface area contributed by atoms with Crippen LogP contribution in [-0.2, 0) is 22.0 Å². The molecule has 3 aromatic rings. The van der Waals surface area contributed by atoms with Gasteiger partial charge in [-0.3, -0.25) is 14.1 Å². The van der Waals surface area contributed by atoms with Crippen LogP contribution in [0.1, 0.15) is 47.3 Å². The lowest BCUT2D eigenvalue weighted by atomic mass is 9.68. The number of pyridine rings is 1. The largest absolute Gasteiger partial charge is 0.497 e. The number of amides is 1. The van der Waals surface area contributed by atoms with Crippen molar-refractivity contribution in [1.29, 1.82) is 0 Å². The Morgan fingerprint density at radius 2 is 1.90 bits per heavy atom. The second-order valence-electron chi connectivity index (χ2n) is 11.1. The third-order valence-electron chi connectivity index (χ3n) is 8.65. The standard InChI is InChI=1S/C30H33ClN4O4S/c1-34-15-12-30(13-16-34)24-17-21(29(36)33-19-26-25(31)7-4-14-32-26)10-11-27(24)35(28(30)20-8-9-20)40(37,38)23-6-3-5-22(18-23)39-2/h3-7,10-11,14,17-18,20,28H,8-9,12-13,15-16,19H2,1-2H3,(H,33,36). The number of benzene rings is 2. The lowest BCUT2D eigenvalue weighted by Gasteiger charge is -2.44. The van der Waals surface area contributed by atoms with E-state index < -0.39 is 10.0 Å². The number of halogens is 1. The summed E-state index contributed by atoms with van der Waals surface area (Å²) in [5.41, 5.74) is 2.35. The van der Waals surface area contributed by atoms with E-state index in [2.05, 4.69) is 22.2 Å². The number of carbonyl (C=O) groups is 1. The van der Waals surface area contributed by atoms with Crippen LogP contribution in [-0.4, -0.2) is 57.5 Å². The molecular formula is C30H33ClN4O4S. The normalized spacial score (nSPS) is 20.4. The molecule has 40 heavy (non-hydrogen) atoms. The first kappa shape index (κ1) is 27.1. The summed E-state index contributed by atoms with van der Waals surface area (Å²) in [6, 6.07) is 15.4. The molecule has 1 amide bonds. The van der Waals surface area contributed by atoms with E-state index in [1.54, 1.807) is 53.0 Å². The maximum Gasteiger partial charge on any atom is 0.264 e. The lowest BCUT2D eigenvalue weighted by Crippen LogP contribution is -2.53. The molecule has 2 aliphatic heterocycles. The van der Waals surface area contributed by atoms with Crippen LogP contribution < -0.4 is 14.4 Å². The van der Waals surface area contributed by atoms with Gasteiger partial charge in [0.2, 0.25) is 0 Å². The number of methoxy groups -OCH3 is 1. The zero-order valence-electron chi connectivity index (χ0n) is 22.6. The van der Waals surface area contributed by atoms with Crippen LogP contribution in [0.4, 0.5) is 5.69 Å². The summed E-state index contributed by atoms with van der Waals surface area (Å²) in [7, 11) is -0.259. The summed E-state index contributed by atoms with van der Waals surface area (Å²) >= 11 is 6.23. The Morgan fingerprint density at radius 1 is 1.12 bits per heavy atom. The summed E-state index contributed by atoms with van der Waals surface area (Å²) in [6.07, 6.45) is 5.30. The van der Waals surface area contributed by atoms with E-state index >= 15 is 0 Å². The van der Waals surface area contributed by atoms with Crippen LogP contribution in [0.3, 0.4) is 0 Å². The number of rotatable bonds is 7. The summed E-state index contributed by atoms with van der Waals surface area (Å²) in [6.45, 7) is 1.93. The minimum Gasteiger partial charge on any atom is -0.497 e. The molecule has 6 rings (SSSR count). The summed E-state index contributed by atoms with van der Waals surface area (Å²) in [4.78, 5) is 20.1. The Morgan fingerprint density at radius 3 is 2.60 bits per heavy atom. The number of hydrogen-bond donors (Lipinski definition) is 1. The van der Waals surface area contributed by atoms with Crippen molar-refractivity contribution in [3.63, 3.8) is 0 Å². The number of piperidine rings is 1. The van der Waals surface area contributed by atoms with Gasteiger partial charge >= 0.3 is 0 Å². The highest BCUT2D eigenvalue weighted by atomic mass is 35.5. The lowest BCUT2D eigenvalue weighted by molar-refractivity contribution is 0.0950. The predicted molar refractivity (Wildman–Crippen MR) is 154 cm³/mol. The summed E-state index contributed by atoms with van der Waals surface area (Å²) in [5.74, 6) is 0.530. The van der Waals surface area contributed by atoms with Crippen molar-refractivity contribution in [2.24, 2.45) is 5.92 Å². The number of ether oxygens (including phenoxy) is 1. The van der Waals surface area contributed by atoms with Crippen molar-refractivity contribution in [3.05, 3.63) is 82.6 Å². The Bertz CT molecular complexity index is 1550. The van der Waals surface area contributed by atoms with Gasteiger partial charge in [-0.15, -0.1) is 0 Å². The molecule has 8 nitrogen and oxygen atoms in total. The van der Waals surface area contributed by atoms with Crippen molar-refractivity contribution in [3.8, 4) is 5.75 Å². The minimum atomic E-state index is -3.90. The Kier molecular flexibility index (Phi) is 7.01. The van der Waals surface area contributed by atoms with Gasteiger partial charge in [0.05, 0.1) is 41.0 Å². The van der Waals surface area contributed by atoms with Crippen molar-refractivity contribution in [2.45, 2.75) is 48.6 Å². The highest BCUT2D eigenvalue weighted by molar-refractivity contribution is 7.93. The van der Waals surface area contributed by atoms with Gasteiger partial charge in [-0.2, -0.15) is 0 Å². The van der Waals surface area contributed by atoms with Crippen molar-refractivity contribution >= 4 is 33.2 Å². The topological polar surface area (TPSA) is 91.8 Å². The molecule has 0 bridgehead atoms. The molecule has 3 heterocycles. The van der Waals surface area contributed by atoms with Crippen LogP contribution in [0, 0.1) is 5.92 Å². The zero-order valence-corrected chi connectivity index (χ0v) is 24.2. The number of sulfonamides is 1. The summed E-state index contributed by atoms with van der Waals surface area (Å²) < 4.78 is 35.8. The molecule has 1 spiro atoms. The Balaban J connectivity index is 1.42. The quantitative estimate of drug-likeness (QED) is 0.438. The Hall–Kier alpha value is -3.14. The van der Waals surface area contributed by atoms with E-state index in [0.717, 1.165) is 44.3 Å². The minimum absolute atomic E-state index is 0.196. The fourth-order valence-corrected chi connectivity index (χ4v) is 8.43. The molecule has 1 N–H and O–H groups in total. The molecular weight excluding hydrogens is 548 g/mol. The van der Waals surface area contributed by atoms with Crippen molar-refractivity contribution in [2.75, 3.05) is 31.6 Å². The molecule has 210 valence electrons. The zero-order chi connectivity index (χ0) is 28.1. The van der Waals surface area contributed by atoms with Gasteiger partial charge in [0, 0.05) is 23.2 Å². The molecule has 1 aromatic heterocycles. The number of carbonyl (C=O) groups excluding carboxylic acids is 1. The van der Waals surface area contributed by atoms with Crippen LogP contribution in [0.25, 0.3) is 0 Å². The van der Waals surface area contributed by atoms with Crippen LogP contribution >= 0.6 is 11.6 Å². The summed E-state index contributed by atoms with van der Waals surface area (Å²) in [5, 5.41) is 3.43. The first-order chi connectivity index (χ1) is 19.2. The van der Waals surface area contributed by atoms with Gasteiger partial charge in [-0.1, -0.05) is 17.7 Å². The van der Waals surface area contributed by atoms with Crippen LogP contribution in [0.2, 0.25) is 5.02 Å². The number of nitrogens with one attached hydrogen (secondary N) is 1. The number of anilines is 1. The van der Waals surface area contributed by atoms with Crippen molar-refractivity contribution in [1.82, 2.24) is 15.2 Å². The van der Waals surface area contributed by atoms with Gasteiger partial charge in [0.15, 0.2) is 0 Å². The first-order valence-corrected chi connectivity index (χ1v) is 15.5. The highest BCUT2D eigenvalue weighted by Crippen LogP contribution is 2.59. The van der Waals surface area contributed by atoms with Gasteiger partial charge in [-0.05, 0) is 99.8 Å². The van der Waals surface area contributed by atoms with Crippen molar-refractivity contribution < 1.29 is 17.9 Å². The van der Waals surface area contributed by atoms with E-state index in [-0.39, 0.29) is 34.7 Å². The third kappa shape index (κ3) is 4.63. The van der Waals surface area contributed by atoms with Gasteiger partial charge in [0.25, 0.3) is 15.9 Å². The van der Waals surface area contributed by atoms with E-state index in [1.165, 1.54) is 7.11 Å². The maximum atomic E-state index is 14.4. The Labute approximate surface area is 240 Å². The number of hydrogen-bond acceptors (Lipinski definition) is 6. The van der Waals surface area contributed by atoms with Crippen LogP contribution in [0.5, 0.6) is 5.75 Å². The monoisotopic (exact) mass is 580 g/mol. The molecule has 0 radical (unpaired) electrons. The van der Waals surface area contributed by atoms with E-state index in [0.29, 0.717) is 27.7 Å². The van der Waals surface area contributed by atoms with Crippen LogP contribution in [0.15, 0.2) is 65.7 Å². The fraction of sp³-hybridized carbons (Fsp3) is 0.400. The average Bonchev–Trinajstić information content (AvgIpc) is 3.77. The number of aromatic nitrogens is 1. The predicted octanol–water partition coefficient (Wildman–Crippen LogP) is 4.62. The molecule has 1 aliphatic carbocycles. The highest BCUT2D eigenvalue weighted by Gasteiger charge is 2.59. The van der Waals surface area contributed by atoms with E-state index in [9.17, 15) is 13.2 Å². The van der Waals surface area contributed by atoms with Gasteiger partial charge < -0.3 is 15.0 Å². The molecule has 2 fully saturated rings. The molecule has 1 atom stereocenters. The maximum absolute atomic E-state index is 14.4.